The molecule has 1 heterocycles. The SMILES string of the molecule is Cc1ccc(NC(=O)CSc2nnnn2-c2ccc(F)cc2)c([N+](=O)[O-])c1. The molecule has 0 aliphatic heterocycles. The van der Waals surface area contributed by atoms with Crippen LogP contribution in [0, 0.1) is 22.9 Å². The molecule has 0 aliphatic rings. The van der Waals surface area contributed by atoms with E-state index in [4.69, 9.17) is 0 Å². The highest BCUT2D eigenvalue weighted by molar-refractivity contribution is 7.99. The van der Waals surface area contributed by atoms with E-state index in [1.807, 2.05) is 0 Å². The fraction of sp³-hybridized carbons (Fsp3) is 0.125. The van der Waals surface area contributed by atoms with Crippen LogP contribution in [-0.2, 0) is 4.79 Å². The third-order valence-corrected chi connectivity index (χ3v) is 4.39. The standard InChI is InChI=1S/C16H13FN6O3S/c1-10-2-7-13(14(8-10)23(25)26)18-15(24)9-27-16-19-20-21-22(16)12-5-3-11(17)4-6-12/h2-8H,9H2,1H3,(H,18,24). The third-order valence-electron chi connectivity index (χ3n) is 3.47. The van der Waals surface area contributed by atoms with E-state index in [2.05, 4.69) is 20.8 Å². The number of aromatic nitrogens is 4. The molecule has 0 bridgehead atoms. The lowest BCUT2D eigenvalue weighted by Crippen LogP contribution is -2.15. The average Bonchev–Trinajstić information content (AvgIpc) is 3.10. The van der Waals surface area contributed by atoms with Crippen LogP contribution in [0.15, 0.2) is 47.6 Å². The number of tetrazole rings is 1. The predicted molar refractivity (Wildman–Crippen MR) is 96.3 cm³/mol. The van der Waals surface area contributed by atoms with Gasteiger partial charge in [-0.15, -0.1) is 5.10 Å². The Morgan fingerprint density at radius 3 is 2.74 bits per heavy atom. The highest BCUT2D eigenvalue weighted by Crippen LogP contribution is 2.26. The van der Waals surface area contributed by atoms with Gasteiger partial charge in [-0.2, -0.15) is 4.68 Å². The summed E-state index contributed by atoms with van der Waals surface area (Å²) >= 11 is 1.05. The number of halogens is 1. The van der Waals surface area contributed by atoms with Crippen molar-refractivity contribution in [3.63, 3.8) is 0 Å². The maximum absolute atomic E-state index is 13.0. The van der Waals surface area contributed by atoms with Crippen molar-refractivity contribution in [3.05, 3.63) is 64.0 Å². The van der Waals surface area contributed by atoms with Gasteiger partial charge in [0.15, 0.2) is 0 Å². The molecular weight excluding hydrogens is 375 g/mol. The van der Waals surface area contributed by atoms with Crippen molar-refractivity contribution in [2.75, 3.05) is 11.1 Å². The van der Waals surface area contributed by atoms with Gasteiger partial charge in [-0.3, -0.25) is 14.9 Å². The Labute approximate surface area is 156 Å². The molecule has 0 radical (unpaired) electrons. The fourth-order valence-corrected chi connectivity index (χ4v) is 2.92. The summed E-state index contributed by atoms with van der Waals surface area (Å²) in [6.45, 7) is 1.73. The largest absolute Gasteiger partial charge is 0.320 e. The maximum Gasteiger partial charge on any atom is 0.293 e. The molecule has 1 N–H and O–H groups in total. The van der Waals surface area contributed by atoms with E-state index < -0.39 is 10.8 Å². The van der Waals surface area contributed by atoms with Gasteiger partial charge in [0.2, 0.25) is 11.1 Å². The average molecular weight is 388 g/mol. The van der Waals surface area contributed by atoms with Crippen molar-refractivity contribution in [1.29, 1.82) is 0 Å². The first-order valence-corrected chi connectivity index (χ1v) is 8.64. The first-order valence-electron chi connectivity index (χ1n) is 7.66. The summed E-state index contributed by atoms with van der Waals surface area (Å²) in [4.78, 5) is 22.7. The van der Waals surface area contributed by atoms with E-state index in [0.717, 1.165) is 11.8 Å². The predicted octanol–water partition coefficient (Wildman–Crippen LogP) is 2.75. The lowest BCUT2D eigenvalue weighted by atomic mass is 10.2. The Kier molecular flexibility index (Phi) is 5.41. The first kappa shape index (κ1) is 18.5. The Morgan fingerprint density at radius 2 is 2.04 bits per heavy atom. The minimum atomic E-state index is -0.551. The summed E-state index contributed by atoms with van der Waals surface area (Å²) in [5.41, 5.74) is 1.20. The molecule has 0 unspecified atom stereocenters. The summed E-state index contributed by atoms with van der Waals surface area (Å²) in [6, 6.07) is 10.1. The van der Waals surface area contributed by atoms with Crippen LogP contribution in [0.25, 0.3) is 5.69 Å². The number of anilines is 1. The first-order chi connectivity index (χ1) is 12.9. The lowest BCUT2D eigenvalue weighted by molar-refractivity contribution is -0.384. The Morgan fingerprint density at radius 1 is 1.30 bits per heavy atom. The monoisotopic (exact) mass is 388 g/mol. The summed E-state index contributed by atoms with van der Waals surface area (Å²) in [7, 11) is 0. The molecule has 2 aromatic carbocycles. The van der Waals surface area contributed by atoms with Crippen LogP contribution in [0.2, 0.25) is 0 Å². The molecule has 0 fully saturated rings. The van der Waals surface area contributed by atoms with Crippen LogP contribution in [0.3, 0.4) is 0 Å². The molecule has 3 aromatic rings. The highest BCUT2D eigenvalue weighted by Gasteiger charge is 2.17. The summed E-state index contributed by atoms with van der Waals surface area (Å²) in [6.07, 6.45) is 0. The number of aryl methyl sites for hydroxylation is 1. The molecule has 0 aliphatic carbocycles. The summed E-state index contributed by atoms with van der Waals surface area (Å²) in [5.74, 6) is -0.896. The van der Waals surface area contributed by atoms with E-state index in [9.17, 15) is 19.3 Å². The van der Waals surface area contributed by atoms with E-state index in [-0.39, 0.29) is 22.9 Å². The molecule has 0 spiro atoms. The van der Waals surface area contributed by atoms with Gasteiger partial charge in [-0.25, -0.2) is 4.39 Å². The maximum atomic E-state index is 13.0. The number of rotatable bonds is 6. The van der Waals surface area contributed by atoms with Gasteiger partial charge in [0, 0.05) is 6.07 Å². The third kappa shape index (κ3) is 4.44. The summed E-state index contributed by atoms with van der Waals surface area (Å²) in [5, 5.41) is 25.2. The van der Waals surface area contributed by atoms with Gasteiger partial charge in [0.1, 0.15) is 11.5 Å². The smallest absolute Gasteiger partial charge is 0.293 e. The van der Waals surface area contributed by atoms with Gasteiger partial charge in [-0.1, -0.05) is 17.8 Å². The van der Waals surface area contributed by atoms with Crippen molar-refractivity contribution in [2.24, 2.45) is 0 Å². The summed E-state index contributed by atoms with van der Waals surface area (Å²) < 4.78 is 14.4. The Hall–Kier alpha value is -3.34. The minimum absolute atomic E-state index is 0.0629. The van der Waals surface area contributed by atoms with E-state index in [1.165, 1.54) is 41.1 Å². The normalized spacial score (nSPS) is 10.6. The lowest BCUT2D eigenvalue weighted by Gasteiger charge is -2.07. The van der Waals surface area contributed by atoms with Gasteiger partial charge < -0.3 is 5.32 Å². The number of hydrogen-bond acceptors (Lipinski definition) is 7. The van der Waals surface area contributed by atoms with Crippen LogP contribution in [0.4, 0.5) is 15.8 Å². The van der Waals surface area contributed by atoms with Crippen LogP contribution < -0.4 is 5.32 Å². The van der Waals surface area contributed by atoms with E-state index >= 15 is 0 Å². The second kappa shape index (κ2) is 7.91. The van der Waals surface area contributed by atoms with Crippen molar-refractivity contribution in [1.82, 2.24) is 20.2 Å². The van der Waals surface area contributed by atoms with Crippen molar-refractivity contribution in [3.8, 4) is 5.69 Å². The van der Waals surface area contributed by atoms with Crippen LogP contribution >= 0.6 is 11.8 Å². The molecule has 0 saturated carbocycles. The minimum Gasteiger partial charge on any atom is -0.320 e. The topological polar surface area (TPSA) is 116 Å². The zero-order valence-corrected chi connectivity index (χ0v) is 14.8. The number of nitro benzene ring substituents is 1. The van der Waals surface area contributed by atoms with Gasteiger partial charge in [0.25, 0.3) is 5.69 Å². The van der Waals surface area contributed by atoms with Gasteiger partial charge >= 0.3 is 0 Å². The number of carbonyl (C=O) groups excluding carboxylic acids is 1. The quantitative estimate of drug-likeness (QED) is 0.392. The van der Waals surface area contributed by atoms with E-state index in [0.29, 0.717) is 16.4 Å². The molecular formula is C16H13FN6O3S. The number of nitrogens with zero attached hydrogens (tertiary/aromatic N) is 5. The van der Waals surface area contributed by atoms with Crippen molar-refractivity contribution < 1.29 is 14.1 Å². The number of benzene rings is 2. The number of amides is 1. The van der Waals surface area contributed by atoms with Crippen molar-refractivity contribution in [2.45, 2.75) is 12.1 Å². The number of nitro groups is 1. The second-order valence-electron chi connectivity index (χ2n) is 5.46. The van der Waals surface area contributed by atoms with Gasteiger partial charge in [-0.05, 0) is 53.2 Å². The molecule has 9 nitrogen and oxygen atoms in total. The number of hydrogen-bond donors (Lipinski definition) is 1. The molecule has 27 heavy (non-hydrogen) atoms. The highest BCUT2D eigenvalue weighted by atomic mass is 32.2. The zero-order chi connectivity index (χ0) is 19.4. The molecule has 11 heteroatoms. The number of thioether (sulfide) groups is 1. The Bertz CT molecular complexity index is 992. The molecule has 1 aromatic heterocycles. The van der Waals surface area contributed by atoms with Crippen LogP contribution in [0.5, 0.6) is 0 Å². The fourth-order valence-electron chi connectivity index (χ4n) is 2.23. The molecule has 138 valence electrons. The van der Waals surface area contributed by atoms with Crippen LogP contribution in [0.1, 0.15) is 5.56 Å². The zero-order valence-electron chi connectivity index (χ0n) is 14.0. The van der Waals surface area contributed by atoms with E-state index in [1.54, 1.807) is 13.0 Å². The van der Waals surface area contributed by atoms with Gasteiger partial charge in [0.05, 0.1) is 16.4 Å². The molecule has 0 atom stereocenters. The molecule has 1 amide bonds. The molecule has 3 rings (SSSR count). The Balaban J connectivity index is 1.68. The van der Waals surface area contributed by atoms with Crippen molar-refractivity contribution >= 4 is 29.0 Å². The number of carbonyl (C=O) groups is 1. The van der Waals surface area contributed by atoms with Crippen LogP contribution in [-0.4, -0.2) is 36.8 Å². The second-order valence-corrected chi connectivity index (χ2v) is 6.41. The molecule has 0 saturated heterocycles. The number of nitrogens with one attached hydrogen (secondary N) is 1.